The first kappa shape index (κ1) is 73.2. The number of ether oxygens (including phenoxy) is 3. The number of esters is 3. The van der Waals surface area contributed by atoms with Crippen molar-refractivity contribution >= 4 is 17.9 Å². The van der Waals surface area contributed by atoms with Gasteiger partial charge in [0, 0.05) is 19.3 Å². The molecule has 0 aromatic rings. The van der Waals surface area contributed by atoms with Crippen molar-refractivity contribution < 1.29 is 28.6 Å². The van der Waals surface area contributed by atoms with E-state index in [9.17, 15) is 14.4 Å². The molecule has 0 saturated heterocycles. The molecule has 1 unspecified atom stereocenters. The summed E-state index contributed by atoms with van der Waals surface area (Å²) in [7, 11) is 0. The zero-order valence-corrected chi connectivity index (χ0v) is 50.0. The average molecular weight is 1080 g/mol. The van der Waals surface area contributed by atoms with Gasteiger partial charge < -0.3 is 14.2 Å². The van der Waals surface area contributed by atoms with E-state index in [1.54, 1.807) is 0 Å². The van der Waals surface area contributed by atoms with E-state index in [-0.39, 0.29) is 44.0 Å². The molecule has 438 valence electrons. The summed E-state index contributed by atoms with van der Waals surface area (Å²) in [6, 6.07) is 0. The van der Waals surface area contributed by atoms with Crippen LogP contribution in [-0.2, 0) is 28.6 Å². The molecule has 0 bridgehead atoms. The second-order valence-corrected chi connectivity index (χ2v) is 19.5. The second kappa shape index (κ2) is 64.8. The minimum absolute atomic E-state index is 0.126. The van der Waals surface area contributed by atoms with Crippen molar-refractivity contribution in [2.24, 2.45) is 0 Å². The summed E-state index contributed by atoms with van der Waals surface area (Å²) in [5.41, 5.74) is 0. The summed E-state index contributed by atoms with van der Waals surface area (Å²) in [4.78, 5) is 38.3. The van der Waals surface area contributed by atoms with Crippen LogP contribution < -0.4 is 0 Å². The van der Waals surface area contributed by atoms with E-state index in [0.29, 0.717) is 12.8 Å². The van der Waals surface area contributed by atoms with Crippen LogP contribution in [0.15, 0.2) is 194 Å². The Kier molecular flexibility index (Phi) is 60.1. The maximum absolute atomic E-state index is 12.9. The minimum atomic E-state index is -0.832. The summed E-state index contributed by atoms with van der Waals surface area (Å²) >= 11 is 0. The first-order valence-electron chi connectivity index (χ1n) is 30.9. The van der Waals surface area contributed by atoms with Crippen LogP contribution in [0.1, 0.15) is 226 Å². The molecule has 0 rings (SSSR count). The van der Waals surface area contributed by atoms with Crippen molar-refractivity contribution in [1.29, 1.82) is 0 Å². The lowest BCUT2D eigenvalue weighted by atomic mass is 10.1. The van der Waals surface area contributed by atoms with Gasteiger partial charge in [0.25, 0.3) is 0 Å². The molecule has 0 aliphatic heterocycles. The van der Waals surface area contributed by atoms with Gasteiger partial charge in [0.1, 0.15) is 13.2 Å². The van der Waals surface area contributed by atoms with E-state index >= 15 is 0 Å². The van der Waals surface area contributed by atoms with Crippen LogP contribution in [0.2, 0.25) is 0 Å². The zero-order chi connectivity index (χ0) is 57.1. The molecule has 0 aliphatic carbocycles. The molecule has 0 heterocycles. The molecule has 0 radical (unpaired) electrons. The van der Waals surface area contributed by atoms with E-state index in [0.717, 1.165) is 180 Å². The van der Waals surface area contributed by atoms with E-state index in [2.05, 4.69) is 215 Å². The number of rotatable bonds is 53. The topological polar surface area (TPSA) is 78.9 Å². The number of carbonyl (C=O) groups excluding carboxylic acids is 3. The lowest BCUT2D eigenvalue weighted by Gasteiger charge is -2.18. The SMILES string of the molecule is CC/C=C\C/C=C\C/C=C\C/C=C\C/C=C\C/C=C\C/C=C\C/C=C\CCCCC(=O)OCC(COC(=O)CCCCC/C=C\C/C=C\C/C=C\CC)OC(=O)CCCCCCC/C=C\C/C=C\C/C=C\C/C=C\C/C=C\CC. The van der Waals surface area contributed by atoms with Gasteiger partial charge in [-0.25, -0.2) is 0 Å². The second-order valence-electron chi connectivity index (χ2n) is 19.5. The van der Waals surface area contributed by atoms with E-state index in [1.807, 2.05) is 0 Å². The predicted molar refractivity (Wildman–Crippen MR) is 343 cm³/mol. The fourth-order valence-corrected chi connectivity index (χ4v) is 7.56. The standard InChI is InChI=1S/C73H110O6/c1-4-7-10-13-16-19-22-25-27-29-31-33-34-35-36-37-38-40-41-43-45-48-51-54-57-60-63-66-72(75)78-69-70(68-77-71(74)65-62-59-56-53-50-47-24-21-18-15-12-9-6-3)79-73(76)67-64-61-58-55-52-49-46-44-42-39-32-30-28-26-23-20-17-14-11-8-5-2/h7-12,16-21,25-28,31-33,35-36,38-40,43-47,50-51,54,70H,4-6,13-15,22-24,29-30,34,37,41-42,48-49,52-53,55-69H2,1-3H3/b10-7-,11-8-,12-9-,19-16-,20-17-,21-18-,27-25-,28-26-,33-31-,36-35-,39-32-,40-38-,45-43-,46-44-,50-47-,54-51-. The van der Waals surface area contributed by atoms with Crippen LogP contribution in [0.4, 0.5) is 0 Å². The van der Waals surface area contributed by atoms with Crippen molar-refractivity contribution in [3.8, 4) is 0 Å². The highest BCUT2D eigenvalue weighted by Gasteiger charge is 2.19. The Morgan fingerprint density at radius 2 is 0.456 bits per heavy atom. The molecule has 0 aromatic heterocycles. The highest BCUT2D eigenvalue weighted by Crippen LogP contribution is 2.12. The van der Waals surface area contributed by atoms with E-state index in [4.69, 9.17) is 14.2 Å². The Balaban J connectivity index is 4.54. The summed E-state index contributed by atoms with van der Waals surface area (Å²) in [6.45, 7) is 6.20. The summed E-state index contributed by atoms with van der Waals surface area (Å²) in [6.07, 6.45) is 98.6. The van der Waals surface area contributed by atoms with Crippen LogP contribution >= 0.6 is 0 Å². The Bertz CT molecular complexity index is 1920. The highest BCUT2D eigenvalue weighted by molar-refractivity contribution is 5.71. The van der Waals surface area contributed by atoms with Crippen molar-refractivity contribution in [2.75, 3.05) is 13.2 Å². The average Bonchev–Trinajstić information content (AvgIpc) is 3.45. The fourth-order valence-electron chi connectivity index (χ4n) is 7.56. The lowest BCUT2D eigenvalue weighted by Crippen LogP contribution is -2.30. The number of unbranched alkanes of at least 4 members (excludes halogenated alkanes) is 10. The number of hydrogen-bond acceptors (Lipinski definition) is 6. The highest BCUT2D eigenvalue weighted by atomic mass is 16.6. The molecule has 0 aliphatic rings. The number of hydrogen-bond donors (Lipinski definition) is 0. The third-order valence-corrected chi connectivity index (χ3v) is 12.1. The van der Waals surface area contributed by atoms with Gasteiger partial charge in [0.15, 0.2) is 6.10 Å². The van der Waals surface area contributed by atoms with Crippen LogP contribution in [0, 0.1) is 0 Å². The van der Waals surface area contributed by atoms with Crippen molar-refractivity contribution in [3.63, 3.8) is 0 Å². The molecule has 79 heavy (non-hydrogen) atoms. The molecule has 0 saturated carbocycles. The maximum Gasteiger partial charge on any atom is 0.306 e. The van der Waals surface area contributed by atoms with Gasteiger partial charge in [0.2, 0.25) is 0 Å². The molecule has 0 aromatic carbocycles. The molecular weight excluding hydrogens is 973 g/mol. The molecule has 0 N–H and O–H groups in total. The molecule has 6 nitrogen and oxygen atoms in total. The van der Waals surface area contributed by atoms with Crippen molar-refractivity contribution in [3.05, 3.63) is 194 Å². The smallest absolute Gasteiger partial charge is 0.306 e. The Morgan fingerprint density at radius 3 is 0.747 bits per heavy atom. The number of allylic oxidation sites excluding steroid dienone is 32. The third kappa shape index (κ3) is 63.0. The quantitative estimate of drug-likeness (QED) is 0.0261. The summed E-state index contributed by atoms with van der Waals surface area (Å²) in [5, 5.41) is 0. The molecular formula is C73H110O6. The third-order valence-electron chi connectivity index (χ3n) is 12.1. The molecule has 0 fully saturated rings. The Morgan fingerprint density at radius 1 is 0.253 bits per heavy atom. The fraction of sp³-hybridized carbons (Fsp3) is 0.521. The van der Waals surface area contributed by atoms with E-state index in [1.165, 1.54) is 0 Å². The van der Waals surface area contributed by atoms with Gasteiger partial charge in [-0.05, 0) is 161 Å². The number of carbonyl (C=O) groups is 3. The molecule has 0 spiro atoms. The van der Waals surface area contributed by atoms with E-state index < -0.39 is 6.10 Å². The van der Waals surface area contributed by atoms with Crippen molar-refractivity contribution in [1.82, 2.24) is 0 Å². The lowest BCUT2D eigenvalue weighted by molar-refractivity contribution is -0.167. The van der Waals surface area contributed by atoms with Crippen LogP contribution in [0.5, 0.6) is 0 Å². The molecule has 6 heteroatoms. The van der Waals surface area contributed by atoms with Crippen molar-refractivity contribution in [2.45, 2.75) is 232 Å². The first-order chi connectivity index (χ1) is 39.0. The van der Waals surface area contributed by atoms with Crippen LogP contribution in [0.25, 0.3) is 0 Å². The van der Waals surface area contributed by atoms with Gasteiger partial charge >= 0.3 is 17.9 Å². The zero-order valence-electron chi connectivity index (χ0n) is 50.0. The Labute approximate surface area is 484 Å². The molecule has 1 atom stereocenters. The van der Waals surface area contributed by atoms with Crippen LogP contribution in [-0.4, -0.2) is 37.2 Å². The first-order valence-corrected chi connectivity index (χ1v) is 30.9. The monoisotopic (exact) mass is 1080 g/mol. The predicted octanol–water partition coefficient (Wildman–Crippen LogP) is 21.4. The Hall–Kier alpha value is -5.75. The van der Waals surface area contributed by atoms with Gasteiger partial charge in [-0.15, -0.1) is 0 Å². The molecule has 0 amide bonds. The largest absolute Gasteiger partial charge is 0.462 e. The van der Waals surface area contributed by atoms with Gasteiger partial charge in [-0.3, -0.25) is 14.4 Å². The maximum atomic E-state index is 12.9. The van der Waals surface area contributed by atoms with Gasteiger partial charge in [-0.1, -0.05) is 241 Å². The van der Waals surface area contributed by atoms with Gasteiger partial charge in [0.05, 0.1) is 0 Å². The normalized spacial score (nSPS) is 13.5. The summed E-state index contributed by atoms with van der Waals surface area (Å²) in [5.74, 6) is -1.03. The van der Waals surface area contributed by atoms with Gasteiger partial charge in [-0.2, -0.15) is 0 Å². The minimum Gasteiger partial charge on any atom is -0.462 e. The summed E-state index contributed by atoms with van der Waals surface area (Å²) < 4.78 is 16.8. The van der Waals surface area contributed by atoms with Crippen LogP contribution in [0.3, 0.4) is 0 Å².